The van der Waals surface area contributed by atoms with Gasteiger partial charge in [0.05, 0.1) is 17.0 Å². The van der Waals surface area contributed by atoms with E-state index in [9.17, 15) is 9.18 Å². The summed E-state index contributed by atoms with van der Waals surface area (Å²) in [5, 5.41) is 11.6. The number of halogens is 2. The van der Waals surface area contributed by atoms with Crippen LogP contribution in [-0.2, 0) is 6.54 Å². The molecule has 0 radical (unpaired) electrons. The first-order valence-electron chi connectivity index (χ1n) is 5.07. The molecule has 4 nitrogen and oxygen atoms in total. The van der Waals surface area contributed by atoms with Gasteiger partial charge in [-0.15, -0.1) is 0 Å². The number of hydrogen-bond donors (Lipinski definition) is 2. The van der Waals surface area contributed by atoms with Gasteiger partial charge in [-0.3, -0.25) is 0 Å². The molecule has 2 aromatic rings. The minimum atomic E-state index is -1.16. The Morgan fingerprint density at radius 3 is 2.94 bits per heavy atom. The molecule has 18 heavy (non-hydrogen) atoms. The second-order valence-electron chi connectivity index (χ2n) is 3.54. The molecule has 1 aromatic heterocycles. The average Bonchev–Trinajstić information content (AvgIpc) is 2.79. The molecule has 0 aliphatic carbocycles. The maximum Gasteiger partial charge on any atom is 0.372 e. The van der Waals surface area contributed by atoms with E-state index in [0.29, 0.717) is 5.56 Å². The Kier molecular flexibility index (Phi) is 3.53. The molecular weight excluding hydrogens is 261 g/mol. The minimum Gasteiger partial charge on any atom is -0.475 e. The molecule has 1 heterocycles. The van der Waals surface area contributed by atoms with E-state index in [1.807, 2.05) is 0 Å². The van der Waals surface area contributed by atoms with Crippen LogP contribution in [0.15, 0.2) is 34.9 Å². The summed E-state index contributed by atoms with van der Waals surface area (Å²) >= 11 is 5.63. The Labute approximate surface area is 107 Å². The standard InChI is InChI=1S/C12H9ClFNO3/c13-8-2-1-3-9(10(8)14)15-6-7-4-5-18-11(7)12(16)17/h1-5,15H,6H2,(H,16,17). The monoisotopic (exact) mass is 269 g/mol. The van der Waals surface area contributed by atoms with Crippen LogP contribution in [0.2, 0.25) is 5.02 Å². The normalized spacial score (nSPS) is 10.3. The summed E-state index contributed by atoms with van der Waals surface area (Å²) in [6.07, 6.45) is 1.27. The number of carboxylic acids is 1. The van der Waals surface area contributed by atoms with Crippen LogP contribution in [0.5, 0.6) is 0 Å². The predicted molar refractivity (Wildman–Crippen MR) is 64.4 cm³/mol. The summed E-state index contributed by atoms with van der Waals surface area (Å²) in [6, 6.07) is 6.06. The van der Waals surface area contributed by atoms with Crippen molar-refractivity contribution < 1.29 is 18.7 Å². The van der Waals surface area contributed by atoms with Crippen molar-refractivity contribution in [1.29, 1.82) is 0 Å². The second-order valence-corrected chi connectivity index (χ2v) is 3.94. The van der Waals surface area contributed by atoms with Gasteiger partial charge in [-0.25, -0.2) is 9.18 Å². The smallest absolute Gasteiger partial charge is 0.372 e. The van der Waals surface area contributed by atoms with Crippen molar-refractivity contribution in [3.63, 3.8) is 0 Å². The number of rotatable bonds is 4. The second kappa shape index (κ2) is 5.10. The van der Waals surface area contributed by atoms with Crippen LogP contribution in [-0.4, -0.2) is 11.1 Å². The van der Waals surface area contributed by atoms with E-state index in [2.05, 4.69) is 5.32 Å². The number of nitrogens with one attached hydrogen (secondary N) is 1. The topological polar surface area (TPSA) is 62.5 Å². The molecule has 0 fully saturated rings. The number of carbonyl (C=O) groups is 1. The van der Waals surface area contributed by atoms with Gasteiger partial charge in [-0.05, 0) is 18.2 Å². The molecule has 0 aliphatic rings. The Bertz CT molecular complexity index is 582. The zero-order valence-electron chi connectivity index (χ0n) is 9.11. The lowest BCUT2D eigenvalue weighted by atomic mass is 10.2. The lowest BCUT2D eigenvalue weighted by Gasteiger charge is -2.07. The zero-order chi connectivity index (χ0) is 13.1. The van der Waals surface area contributed by atoms with E-state index in [1.165, 1.54) is 24.5 Å². The summed E-state index contributed by atoms with van der Waals surface area (Å²) in [4.78, 5) is 10.8. The summed E-state index contributed by atoms with van der Waals surface area (Å²) in [5.41, 5.74) is 0.641. The molecule has 0 aliphatic heterocycles. The Morgan fingerprint density at radius 2 is 2.22 bits per heavy atom. The van der Waals surface area contributed by atoms with Crippen LogP contribution in [0.4, 0.5) is 10.1 Å². The van der Waals surface area contributed by atoms with Crippen LogP contribution >= 0.6 is 11.6 Å². The summed E-state index contributed by atoms with van der Waals surface area (Å²) in [5.74, 6) is -1.90. The summed E-state index contributed by atoms with van der Waals surface area (Å²) < 4.78 is 18.4. The highest BCUT2D eigenvalue weighted by Crippen LogP contribution is 2.23. The van der Waals surface area contributed by atoms with Crippen molar-refractivity contribution in [2.24, 2.45) is 0 Å². The zero-order valence-corrected chi connectivity index (χ0v) is 9.87. The number of carboxylic acid groups (broad SMARTS) is 1. The van der Waals surface area contributed by atoms with Crippen LogP contribution < -0.4 is 5.32 Å². The molecular formula is C12H9ClFNO3. The molecule has 6 heteroatoms. The first-order chi connectivity index (χ1) is 8.59. The van der Waals surface area contributed by atoms with Gasteiger partial charge in [0.1, 0.15) is 0 Å². The van der Waals surface area contributed by atoms with Gasteiger partial charge in [0.15, 0.2) is 5.82 Å². The van der Waals surface area contributed by atoms with E-state index < -0.39 is 11.8 Å². The highest BCUT2D eigenvalue weighted by molar-refractivity contribution is 6.31. The number of aromatic carboxylic acids is 1. The number of hydrogen-bond acceptors (Lipinski definition) is 3. The van der Waals surface area contributed by atoms with E-state index in [-0.39, 0.29) is 23.0 Å². The molecule has 0 bridgehead atoms. The molecule has 0 saturated carbocycles. The lowest BCUT2D eigenvalue weighted by molar-refractivity contribution is 0.0661. The molecule has 2 rings (SSSR count). The van der Waals surface area contributed by atoms with Gasteiger partial charge >= 0.3 is 5.97 Å². The fourth-order valence-corrected chi connectivity index (χ4v) is 1.67. The van der Waals surface area contributed by atoms with E-state index in [0.717, 1.165) is 0 Å². The summed E-state index contributed by atoms with van der Waals surface area (Å²) in [6.45, 7) is 0.134. The largest absolute Gasteiger partial charge is 0.475 e. The number of anilines is 1. The first kappa shape index (κ1) is 12.4. The van der Waals surface area contributed by atoms with Crippen molar-refractivity contribution in [2.45, 2.75) is 6.54 Å². The van der Waals surface area contributed by atoms with Gasteiger partial charge in [0.2, 0.25) is 5.76 Å². The molecule has 0 unspecified atom stereocenters. The van der Waals surface area contributed by atoms with Gasteiger partial charge < -0.3 is 14.8 Å². The number of benzene rings is 1. The average molecular weight is 270 g/mol. The van der Waals surface area contributed by atoms with Crippen LogP contribution in [0, 0.1) is 5.82 Å². The van der Waals surface area contributed by atoms with Crippen molar-refractivity contribution in [3.05, 3.63) is 52.7 Å². The minimum absolute atomic E-state index is 0.00523. The van der Waals surface area contributed by atoms with Gasteiger partial charge in [0, 0.05) is 12.1 Å². The molecule has 0 atom stereocenters. The molecule has 1 aromatic carbocycles. The Balaban J connectivity index is 2.14. The number of furan rings is 1. The third-order valence-corrected chi connectivity index (χ3v) is 2.65. The first-order valence-corrected chi connectivity index (χ1v) is 5.45. The van der Waals surface area contributed by atoms with Crippen LogP contribution in [0.1, 0.15) is 16.1 Å². The summed E-state index contributed by atoms with van der Waals surface area (Å²) in [7, 11) is 0. The molecule has 0 saturated heterocycles. The molecule has 94 valence electrons. The maximum absolute atomic E-state index is 13.6. The predicted octanol–water partition coefficient (Wildman–Crippen LogP) is 3.38. The third kappa shape index (κ3) is 2.46. The van der Waals surface area contributed by atoms with Gasteiger partial charge in [-0.2, -0.15) is 0 Å². The molecule has 2 N–H and O–H groups in total. The quantitative estimate of drug-likeness (QED) is 0.893. The van der Waals surface area contributed by atoms with Gasteiger partial charge in [0.25, 0.3) is 0 Å². The van der Waals surface area contributed by atoms with Crippen molar-refractivity contribution in [2.75, 3.05) is 5.32 Å². The van der Waals surface area contributed by atoms with E-state index in [4.69, 9.17) is 21.1 Å². The highest BCUT2D eigenvalue weighted by atomic mass is 35.5. The molecule has 0 spiro atoms. The fraction of sp³-hybridized carbons (Fsp3) is 0.0833. The van der Waals surface area contributed by atoms with Crippen molar-refractivity contribution >= 4 is 23.3 Å². The molecule has 0 amide bonds. The van der Waals surface area contributed by atoms with Crippen molar-refractivity contribution in [3.8, 4) is 0 Å². The SMILES string of the molecule is O=C(O)c1occc1CNc1cccc(Cl)c1F. The van der Waals surface area contributed by atoms with E-state index in [1.54, 1.807) is 6.07 Å². The van der Waals surface area contributed by atoms with E-state index >= 15 is 0 Å². The Morgan fingerprint density at radius 1 is 1.44 bits per heavy atom. The van der Waals surface area contributed by atoms with Crippen LogP contribution in [0.25, 0.3) is 0 Å². The maximum atomic E-state index is 13.6. The van der Waals surface area contributed by atoms with Crippen LogP contribution in [0.3, 0.4) is 0 Å². The van der Waals surface area contributed by atoms with Crippen molar-refractivity contribution in [1.82, 2.24) is 0 Å². The third-order valence-electron chi connectivity index (χ3n) is 2.36. The lowest BCUT2D eigenvalue weighted by Crippen LogP contribution is -2.05. The highest BCUT2D eigenvalue weighted by Gasteiger charge is 2.14. The Hall–Kier alpha value is -2.01. The fourth-order valence-electron chi connectivity index (χ4n) is 1.49. The van der Waals surface area contributed by atoms with Gasteiger partial charge in [-0.1, -0.05) is 17.7 Å².